The lowest BCUT2D eigenvalue weighted by molar-refractivity contribution is -0.128. The van der Waals surface area contributed by atoms with E-state index in [9.17, 15) is 13.2 Å². The number of carbonyl (C=O) groups excluding carboxylic acids is 1. The highest BCUT2D eigenvalue weighted by Gasteiger charge is 2.31. The van der Waals surface area contributed by atoms with E-state index < -0.39 is 10.0 Å². The van der Waals surface area contributed by atoms with Gasteiger partial charge in [0.05, 0.1) is 18.8 Å². The Morgan fingerprint density at radius 1 is 1.50 bits per heavy atom. The van der Waals surface area contributed by atoms with Crippen molar-refractivity contribution in [2.75, 3.05) is 46.1 Å². The smallest absolute Gasteiger partial charge is 0.224 e. The Bertz CT molecular complexity index is 413. The predicted octanol–water partition coefficient (Wildman–Crippen LogP) is -0.342. The number of nitrogens with one attached hydrogen (secondary N) is 1. The van der Waals surface area contributed by atoms with Crippen LogP contribution in [0.4, 0.5) is 0 Å². The van der Waals surface area contributed by atoms with Crippen molar-refractivity contribution in [3.05, 3.63) is 0 Å². The topological polar surface area (TPSA) is 79.0 Å². The molecule has 1 rings (SSSR count). The standard InChI is InChI=1S/C12H25N3O4S/c1-4-20(17,18)15-8-5-6-11(10-15)12(16)13-7-9-14(2)19-3/h11H,4-10H2,1-3H3,(H,13,16). The molecule has 0 aliphatic carbocycles. The number of sulfonamides is 1. The Balaban J connectivity index is 2.45. The van der Waals surface area contributed by atoms with E-state index in [1.54, 1.807) is 26.1 Å². The molecule has 1 amide bonds. The van der Waals surface area contributed by atoms with Crippen LogP contribution in [0.3, 0.4) is 0 Å². The molecule has 7 nitrogen and oxygen atoms in total. The first-order valence-electron chi connectivity index (χ1n) is 6.91. The van der Waals surface area contributed by atoms with Crippen LogP contribution in [0, 0.1) is 5.92 Å². The number of hydrogen-bond donors (Lipinski definition) is 1. The zero-order valence-electron chi connectivity index (χ0n) is 12.5. The van der Waals surface area contributed by atoms with Gasteiger partial charge in [-0.05, 0) is 19.8 Å². The van der Waals surface area contributed by atoms with Crippen molar-refractivity contribution in [1.82, 2.24) is 14.7 Å². The van der Waals surface area contributed by atoms with Crippen LogP contribution >= 0.6 is 0 Å². The first-order valence-corrected chi connectivity index (χ1v) is 8.52. The van der Waals surface area contributed by atoms with Crippen LogP contribution in [0.15, 0.2) is 0 Å². The number of carbonyl (C=O) groups is 1. The summed E-state index contributed by atoms with van der Waals surface area (Å²) in [6, 6.07) is 0. The lowest BCUT2D eigenvalue weighted by Crippen LogP contribution is -2.46. The Hall–Kier alpha value is -0.700. The molecule has 0 aromatic heterocycles. The molecule has 0 spiro atoms. The van der Waals surface area contributed by atoms with E-state index in [0.717, 1.165) is 12.8 Å². The van der Waals surface area contributed by atoms with Crippen molar-refractivity contribution in [2.24, 2.45) is 5.92 Å². The Kier molecular flexibility index (Phi) is 6.87. The summed E-state index contributed by atoms with van der Waals surface area (Å²) < 4.78 is 25.1. The first kappa shape index (κ1) is 17.4. The molecule has 1 atom stereocenters. The van der Waals surface area contributed by atoms with Crippen molar-refractivity contribution in [3.8, 4) is 0 Å². The Morgan fingerprint density at radius 2 is 2.20 bits per heavy atom. The average molecular weight is 307 g/mol. The van der Waals surface area contributed by atoms with Gasteiger partial charge in [-0.1, -0.05) is 0 Å². The molecular formula is C12H25N3O4S. The van der Waals surface area contributed by atoms with Crippen molar-refractivity contribution < 1.29 is 18.0 Å². The van der Waals surface area contributed by atoms with E-state index in [4.69, 9.17) is 4.84 Å². The molecule has 20 heavy (non-hydrogen) atoms. The van der Waals surface area contributed by atoms with E-state index in [-0.39, 0.29) is 17.6 Å². The van der Waals surface area contributed by atoms with Crippen molar-refractivity contribution in [3.63, 3.8) is 0 Å². The van der Waals surface area contributed by atoms with Gasteiger partial charge in [-0.2, -0.15) is 5.06 Å². The minimum Gasteiger partial charge on any atom is -0.354 e. The quantitative estimate of drug-likeness (QED) is 0.651. The molecule has 1 saturated heterocycles. The number of piperidine rings is 1. The summed E-state index contributed by atoms with van der Waals surface area (Å²) in [6.07, 6.45) is 1.47. The van der Waals surface area contributed by atoms with Crippen molar-refractivity contribution in [2.45, 2.75) is 19.8 Å². The minimum atomic E-state index is -3.20. The number of rotatable bonds is 7. The fourth-order valence-corrected chi connectivity index (χ4v) is 3.34. The monoisotopic (exact) mass is 307 g/mol. The van der Waals surface area contributed by atoms with Gasteiger partial charge in [0.25, 0.3) is 0 Å². The molecule has 0 radical (unpaired) electrons. The number of likely N-dealkylation sites (N-methyl/N-ethyl adjacent to an activating group) is 1. The zero-order chi connectivity index (χ0) is 15.2. The van der Waals surface area contributed by atoms with Gasteiger partial charge in [0, 0.05) is 33.2 Å². The summed E-state index contributed by atoms with van der Waals surface area (Å²) in [5.74, 6) is -0.247. The third-order valence-electron chi connectivity index (χ3n) is 3.55. The largest absolute Gasteiger partial charge is 0.354 e. The van der Waals surface area contributed by atoms with Gasteiger partial charge < -0.3 is 10.2 Å². The van der Waals surface area contributed by atoms with Gasteiger partial charge >= 0.3 is 0 Å². The van der Waals surface area contributed by atoms with E-state index in [0.29, 0.717) is 26.2 Å². The SMILES string of the molecule is CCS(=O)(=O)N1CCCC(C(=O)NCCN(C)OC)C1. The van der Waals surface area contributed by atoms with Crippen LogP contribution < -0.4 is 5.32 Å². The second-order valence-electron chi connectivity index (χ2n) is 4.92. The molecule has 0 aromatic rings. The lowest BCUT2D eigenvalue weighted by Gasteiger charge is -2.31. The van der Waals surface area contributed by atoms with Crippen molar-refractivity contribution in [1.29, 1.82) is 0 Å². The lowest BCUT2D eigenvalue weighted by atomic mass is 9.99. The summed E-state index contributed by atoms with van der Waals surface area (Å²) >= 11 is 0. The molecular weight excluding hydrogens is 282 g/mol. The van der Waals surface area contributed by atoms with E-state index in [2.05, 4.69) is 5.32 Å². The van der Waals surface area contributed by atoms with Crippen LogP contribution in [-0.2, 0) is 19.7 Å². The van der Waals surface area contributed by atoms with E-state index in [1.807, 2.05) is 0 Å². The molecule has 1 aliphatic rings. The molecule has 8 heteroatoms. The maximum absolute atomic E-state index is 12.0. The highest BCUT2D eigenvalue weighted by molar-refractivity contribution is 7.89. The van der Waals surface area contributed by atoms with Crippen LogP contribution in [0.2, 0.25) is 0 Å². The van der Waals surface area contributed by atoms with Crippen LogP contribution in [0.25, 0.3) is 0 Å². The van der Waals surface area contributed by atoms with Gasteiger partial charge in [-0.25, -0.2) is 12.7 Å². The molecule has 1 N–H and O–H groups in total. The fraction of sp³-hybridized carbons (Fsp3) is 0.917. The summed E-state index contributed by atoms with van der Waals surface area (Å²) in [5, 5.41) is 4.45. The molecule has 0 aromatic carbocycles. The van der Waals surface area contributed by atoms with Crippen LogP contribution in [0.5, 0.6) is 0 Å². The third-order valence-corrected chi connectivity index (χ3v) is 5.40. The van der Waals surface area contributed by atoms with Gasteiger partial charge in [0.15, 0.2) is 0 Å². The summed E-state index contributed by atoms with van der Waals surface area (Å²) in [6.45, 7) is 3.51. The maximum atomic E-state index is 12.0. The summed E-state index contributed by atoms with van der Waals surface area (Å²) in [7, 11) is 0.146. The minimum absolute atomic E-state index is 0.0782. The van der Waals surface area contributed by atoms with E-state index >= 15 is 0 Å². The van der Waals surface area contributed by atoms with E-state index in [1.165, 1.54) is 4.31 Å². The van der Waals surface area contributed by atoms with Crippen LogP contribution in [-0.4, -0.2) is 69.8 Å². The number of nitrogens with zero attached hydrogens (tertiary/aromatic N) is 2. The van der Waals surface area contributed by atoms with Gasteiger partial charge in [-0.15, -0.1) is 0 Å². The Labute approximate surface area is 121 Å². The molecule has 0 bridgehead atoms. The highest BCUT2D eigenvalue weighted by atomic mass is 32.2. The van der Waals surface area contributed by atoms with Crippen molar-refractivity contribution >= 4 is 15.9 Å². The van der Waals surface area contributed by atoms with Crippen LogP contribution in [0.1, 0.15) is 19.8 Å². The number of amides is 1. The molecule has 1 fully saturated rings. The first-order chi connectivity index (χ1) is 9.40. The van der Waals surface area contributed by atoms with Gasteiger partial charge in [0.1, 0.15) is 0 Å². The molecule has 1 aliphatic heterocycles. The number of hydrogen-bond acceptors (Lipinski definition) is 5. The Morgan fingerprint density at radius 3 is 2.80 bits per heavy atom. The maximum Gasteiger partial charge on any atom is 0.224 e. The zero-order valence-corrected chi connectivity index (χ0v) is 13.3. The second-order valence-corrected chi connectivity index (χ2v) is 7.18. The highest BCUT2D eigenvalue weighted by Crippen LogP contribution is 2.19. The van der Waals surface area contributed by atoms with Gasteiger partial charge in [0.2, 0.25) is 15.9 Å². The molecule has 118 valence electrons. The fourth-order valence-electron chi connectivity index (χ4n) is 2.16. The average Bonchev–Trinajstić information content (AvgIpc) is 2.47. The number of hydroxylamine groups is 2. The normalized spacial score (nSPS) is 21.1. The summed E-state index contributed by atoms with van der Waals surface area (Å²) in [5.41, 5.74) is 0. The molecule has 1 unspecified atom stereocenters. The summed E-state index contributed by atoms with van der Waals surface area (Å²) in [4.78, 5) is 17.0. The second kappa shape index (κ2) is 7.92. The van der Waals surface area contributed by atoms with Gasteiger partial charge in [-0.3, -0.25) is 4.79 Å². The molecule has 1 heterocycles. The third kappa shape index (κ3) is 5.01. The molecule has 0 saturated carbocycles. The predicted molar refractivity (Wildman–Crippen MR) is 76.4 cm³/mol.